The van der Waals surface area contributed by atoms with E-state index in [-0.39, 0.29) is 18.0 Å². The number of carbonyl (C=O) groups excluding carboxylic acids is 1. The summed E-state index contributed by atoms with van der Waals surface area (Å²) in [6.07, 6.45) is 1.38. The number of nitrogens with one attached hydrogen (secondary N) is 1. The van der Waals surface area contributed by atoms with E-state index in [0.717, 1.165) is 5.56 Å². The van der Waals surface area contributed by atoms with Crippen LogP contribution in [-0.2, 0) is 11.3 Å². The third-order valence-electron chi connectivity index (χ3n) is 3.04. The number of nitrogen functional groups attached to an aromatic ring is 1. The molecular weight excluding hydrogens is 383 g/mol. The number of aromatic nitrogens is 2. The van der Waals surface area contributed by atoms with Gasteiger partial charge in [0.1, 0.15) is 6.54 Å². The molecule has 0 fully saturated rings. The average Bonchev–Trinajstić information content (AvgIpc) is 2.44. The first-order chi connectivity index (χ1) is 9.90. The summed E-state index contributed by atoms with van der Waals surface area (Å²) in [4.78, 5) is 28.2. The van der Waals surface area contributed by atoms with Gasteiger partial charge in [0.2, 0.25) is 5.91 Å². The lowest BCUT2D eigenvalue weighted by Gasteiger charge is -2.12. The van der Waals surface area contributed by atoms with Crippen LogP contribution in [0.2, 0.25) is 0 Å². The standard InChI is InChI=1S/C14H15IN4O2/c1-8-4-3-5-10(16)13(8)18-11(20)6-19-7-17-9(2)12(15)14(19)21/h3-5,7H,6,16H2,1-2H3,(H,18,20). The molecule has 1 heterocycles. The van der Waals surface area contributed by atoms with Gasteiger partial charge in [-0.1, -0.05) is 12.1 Å². The minimum absolute atomic E-state index is 0.101. The highest BCUT2D eigenvalue weighted by molar-refractivity contribution is 14.1. The number of para-hydroxylation sites is 1. The van der Waals surface area contributed by atoms with E-state index >= 15 is 0 Å². The van der Waals surface area contributed by atoms with Gasteiger partial charge in [-0.3, -0.25) is 14.2 Å². The first-order valence-electron chi connectivity index (χ1n) is 6.26. The van der Waals surface area contributed by atoms with Crippen molar-refractivity contribution < 1.29 is 4.79 Å². The highest BCUT2D eigenvalue weighted by atomic mass is 127. The molecule has 0 unspecified atom stereocenters. The third-order valence-corrected chi connectivity index (χ3v) is 4.28. The second kappa shape index (κ2) is 6.25. The molecule has 2 rings (SSSR count). The van der Waals surface area contributed by atoms with Gasteiger partial charge in [-0.25, -0.2) is 4.98 Å². The summed E-state index contributed by atoms with van der Waals surface area (Å²) in [5.74, 6) is -0.320. The van der Waals surface area contributed by atoms with Crippen molar-refractivity contribution in [1.82, 2.24) is 9.55 Å². The zero-order valence-electron chi connectivity index (χ0n) is 11.7. The van der Waals surface area contributed by atoms with Crippen LogP contribution in [0, 0.1) is 17.4 Å². The molecule has 0 radical (unpaired) electrons. The number of carbonyl (C=O) groups is 1. The summed E-state index contributed by atoms with van der Waals surface area (Å²) < 4.78 is 1.79. The smallest absolute Gasteiger partial charge is 0.267 e. The molecule has 0 saturated carbocycles. The quantitative estimate of drug-likeness (QED) is 0.608. The van der Waals surface area contributed by atoms with Crippen molar-refractivity contribution in [3.8, 4) is 0 Å². The summed E-state index contributed by atoms with van der Waals surface area (Å²) in [7, 11) is 0. The molecule has 1 aromatic heterocycles. The van der Waals surface area contributed by atoms with Gasteiger partial charge in [-0.2, -0.15) is 0 Å². The number of amides is 1. The van der Waals surface area contributed by atoms with Crippen LogP contribution in [0.3, 0.4) is 0 Å². The fraction of sp³-hybridized carbons (Fsp3) is 0.214. The minimum atomic E-state index is -0.320. The van der Waals surface area contributed by atoms with E-state index in [1.54, 1.807) is 13.0 Å². The normalized spacial score (nSPS) is 10.4. The molecule has 3 N–H and O–H groups in total. The number of nitrogens with two attached hydrogens (primary N) is 1. The maximum Gasteiger partial charge on any atom is 0.267 e. The van der Waals surface area contributed by atoms with Gasteiger partial charge in [0.05, 0.1) is 27.0 Å². The van der Waals surface area contributed by atoms with E-state index < -0.39 is 0 Å². The van der Waals surface area contributed by atoms with E-state index in [2.05, 4.69) is 10.3 Å². The van der Waals surface area contributed by atoms with Gasteiger partial charge in [0.25, 0.3) is 5.56 Å². The molecule has 7 heteroatoms. The van der Waals surface area contributed by atoms with Gasteiger partial charge >= 0.3 is 0 Å². The summed E-state index contributed by atoms with van der Waals surface area (Å²) >= 11 is 1.93. The van der Waals surface area contributed by atoms with Crippen LogP contribution in [0.4, 0.5) is 11.4 Å². The molecule has 0 atom stereocenters. The number of nitrogens with zero attached hydrogens (tertiary/aromatic N) is 2. The summed E-state index contributed by atoms with van der Waals surface area (Å²) in [5.41, 5.74) is 8.20. The number of benzene rings is 1. The monoisotopic (exact) mass is 398 g/mol. The second-order valence-electron chi connectivity index (χ2n) is 4.66. The molecule has 2 aromatic rings. The Morgan fingerprint density at radius 1 is 1.43 bits per heavy atom. The number of anilines is 2. The van der Waals surface area contributed by atoms with E-state index in [0.29, 0.717) is 20.6 Å². The molecule has 6 nitrogen and oxygen atoms in total. The highest BCUT2D eigenvalue weighted by Crippen LogP contribution is 2.22. The van der Waals surface area contributed by atoms with Gasteiger partial charge in [-0.05, 0) is 48.1 Å². The largest absolute Gasteiger partial charge is 0.397 e. The van der Waals surface area contributed by atoms with E-state index in [1.165, 1.54) is 10.9 Å². The Bertz CT molecular complexity index is 735. The van der Waals surface area contributed by atoms with E-state index in [4.69, 9.17) is 5.73 Å². The van der Waals surface area contributed by atoms with Crippen LogP contribution in [-0.4, -0.2) is 15.5 Å². The Hall–Kier alpha value is -1.90. The number of halogens is 1. The summed E-state index contributed by atoms with van der Waals surface area (Å²) in [6, 6.07) is 5.39. The Morgan fingerprint density at radius 2 is 2.14 bits per heavy atom. The predicted octanol–water partition coefficient (Wildman–Crippen LogP) is 1.69. The minimum Gasteiger partial charge on any atom is -0.397 e. The van der Waals surface area contributed by atoms with Gasteiger partial charge in [0, 0.05) is 0 Å². The Balaban J connectivity index is 2.20. The van der Waals surface area contributed by atoms with Crippen LogP contribution in [0.1, 0.15) is 11.3 Å². The van der Waals surface area contributed by atoms with Crippen LogP contribution in [0.5, 0.6) is 0 Å². The molecule has 1 amide bonds. The van der Waals surface area contributed by atoms with Gasteiger partial charge in [0.15, 0.2) is 0 Å². The van der Waals surface area contributed by atoms with E-state index in [9.17, 15) is 9.59 Å². The Labute approximate surface area is 135 Å². The fourth-order valence-electron chi connectivity index (χ4n) is 1.85. The maximum absolute atomic E-state index is 12.1. The van der Waals surface area contributed by atoms with Crippen molar-refractivity contribution in [3.05, 3.63) is 49.7 Å². The average molecular weight is 398 g/mol. The van der Waals surface area contributed by atoms with Crippen molar-refractivity contribution in [1.29, 1.82) is 0 Å². The van der Waals surface area contributed by atoms with Crippen LogP contribution >= 0.6 is 22.6 Å². The highest BCUT2D eigenvalue weighted by Gasteiger charge is 2.11. The SMILES string of the molecule is Cc1cccc(N)c1NC(=O)Cn1cnc(C)c(I)c1=O. The van der Waals surface area contributed by atoms with Crippen LogP contribution in [0.25, 0.3) is 0 Å². The topological polar surface area (TPSA) is 90.0 Å². The number of hydrogen-bond donors (Lipinski definition) is 2. The molecule has 0 aliphatic carbocycles. The Kier molecular flexibility index (Phi) is 4.61. The van der Waals surface area contributed by atoms with Crippen molar-refractivity contribution in [3.63, 3.8) is 0 Å². The number of hydrogen-bond acceptors (Lipinski definition) is 4. The third kappa shape index (κ3) is 3.41. The molecule has 0 spiro atoms. The zero-order valence-corrected chi connectivity index (χ0v) is 13.8. The second-order valence-corrected chi connectivity index (χ2v) is 5.74. The molecule has 21 heavy (non-hydrogen) atoms. The number of rotatable bonds is 3. The molecule has 0 aliphatic rings. The molecule has 0 saturated heterocycles. The summed E-state index contributed by atoms with van der Waals surface area (Å²) in [5, 5.41) is 2.73. The number of aryl methyl sites for hydroxylation is 2. The molecular formula is C14H15IN4O2. The van der Waals surface area contributed by atoms with Crippen molar-refractivity contribution >= 4 is 39.9 Å². The molecule has 0 aliphatic heterocycles. The Morgan fingerprint density at radius 3 is 2.81 bits per heavy atom. The zero-order chi connectivity index (χ0) is 15.6. The van der Waals surface area contributed by atoms with E-state index in [1.807, 2.05) is 41.6 Å². The van der Waals surface area contributed by atoms with Crippen LogP contribution in [0.15, 0.2) is 29.3 Å². The first-order valence-corrected chi connectivity index (χ1v) is 7.34. The fourth-order valence-corrected chi connectivity index (χ4v) is 2.30. The van der Waals surface area contributed by atoms with Gasteiger partial charge in [-0.15, -0.1) is 0 Å². The van der Waals surface area contributed by atoms with Gasteiger partial charge < -0.3 is 11.1 Å². The lowest BCUT2D eigenvalue weighted by molar-refractivity contribution is -0.116. The van der Waals surface area contributed by atoms with Crippen molar-refractivity contribution in [2.24, 2.45) is 0 Å². The van der Waals surface area contributed by atoms with Crippen molar-refractivity contribution in [2.45, 2.75) is 20.4 Å². The molecule has 110 valence electrons. The molecule has 0 bridgehead atoms. The lowest BCUT2D eigenvalue weighted by atomic mass is 10.1. The van der Waals surface area contributed by atoms with Crippen LogP contribution < -0.4 is 16.6 Å². The molecule has 1 aromatic carbocycles. The lowest BCUT2D eigenvalue weighted by Crippen LogP contribution is -2.30. The maximum atomic E-state index is 12.1. The predicted molar refractivity (Wildman–Crippen MR) is 90.2 cm³/mol. The first kappa shape index (κ1) is 15.5. The summed E-state index contributed by atoms with van der Waals surface area (Å²) in [6.45, 7) is 3.51. The van der Waals surface area contributed by atoms with Crippen molar-refractivity contribution in [2.75, 3.05) is 11.1 Å².